The monoisotopic (exact) mass is 420 g/mol. The number of esters is 1. The lowest BCUT2D eigenvalue weighted by Crippen LogP contribution is -2.31. The van der Waals surface area contributed by atoms with E-state index in [1.807, 2.05) is 30.4 Å². The Bertz CT molecular complexity index is 1060. The van der Waals surface area contributed by atoms with Crippen LogP contribution in [0.15, 0.2) is 60.2 Å². The fourth-order valence-corrected chi connectivity index (χ4v) is 4.60. The van der Waals surface area contributed by atoms with Crippen molar-refractivity contribution in [2.45, 2.75) is 58.7 Å². The molecule has 1 fully saturated rings. The third-order valence-corrected chi connectivity index (χ3v) is 6.42. The number of ether oxygens (including phenoxy) is 1. The maximum atomic E-state index is 14.1. The van der Waals surface area contributed by atoms with Crippen LogP contribution in [0, 0.1) is 18.2 Å². The van der Waals surface area contributed by atoms with E-state index in [4.69, 9.17) is 4.74 Å². The van der Waals surface area contributed by atoms with E-state index >= 15 is 0 Å². The molecule has 0 aromatic heterocycles. The van der Waals surface area contributed by atoms with E-state index in [9.17, 15) is 14.3 Å². The number of hydrogen-bond donors (Lipinski definition) is 1. The molecule has 1 aliphatic carbocycles. The largest absolute Gasteiger partial charge is 0.458 e. The zero-order valence-electron chi connectivity index (χ0n) is 18.3. The quantitative estimate of drug-likeness (QED) is 0.664. The Kier molecular flexibility index (Phi) is 5.85. The number of halogens is 1. The van der Waals surface area contributed by atoms with E-state index in [0.29, 0.717) is 12.0 Å². The first-order chi connectivity index (χ1) is 14.7. The van der Waals surface area contributed by atoms with Crippen LogP contribution in [0.3, 0.4) is 0 Å². The second-order valence-corrected chi connectivity index (χ2v) is 9.27. The molecule has 31 heavy (non-hydrogen) atoms. The van der Waals surface area contributed by atoms with Crippen molar-refractivity contribution in [1.82, 2.24) is 0 Å². The van der Waals surface area contributed by atoms with Crippen LogP contribution >= 0.6 is 0 Å². The van der Waals surface area contributed by atoms with Crippen molar-refractivity contribution >= 4 is 11.5 Å². The van der Waals surface area contributed by atoms with Gasteiger partial charge in [-0.3, -0.25) is 4.79 Å². The third-order valence-electron chi connectivity index (χ3n) is 6.42. The summed E-state index contributed by atoms with van der Waals surface area (Å²) in [6.45, 7) is 6.22. The highest BCUT2D eigenvalue weighted by atomic mass is 19.1. The van der Waals surface area contributed by atoms with Gasteiger partial charge in [-0.05, 0) is 76.8 Å². The lowest BCUT2D eigenvalue weighted by atomic mass is 9.77. The van der Waals surface area contributed by atoms with Crippen molar-refractivity contribution in [2.24, 2.45) is 5.41 Å². The van der Waals surface area contributed by atoms with Crippen LogP contribution in [-0.4, -0.2) is 23.3 Å². The molecule has 0 bridgehead atoms. The summed E-state index contributed by atoms with van der Waals surface area (Å²) in [7, 11) is 0. The highest BCUT2D eigenvalue weighted by molar-refractivity contribution is 5.86. The molecule has 1 heterocycles. The summed E-state index contributed by atoms with van der Waals surface area (Å²) in [5.74, 6) is -0.590. The third kappa shape index (κ3) is 4.49. The molecule has 1 N–H and O–H groups in total. The molecule has 2 aliphatic rings. The Morgan fingerprint density at radius 2 is 1.97 bits per heavy atom. The van der Waals surface area contributed by atoms with Gasteiger partial charge in [0.25, 0.3) is 0 Å². The van der Waals surface area contributed by atoms with E-state index in [-0.39, 0.29) is 23.6 Å². The molecule has 0 radical (unpaired) electrons. The average molecular weight is 421 g/mol. The molecule has 0 saturated carbocycles. The first-order valence-electron chi connectivity index (χ1n) is 10.9. The number of allylic oxidation sites excluding steroid dienone is 2. The first kappa shape index (κ1) is 21.5. The highest BCUT2D eigenvalue weighted by Crippen LogP contribution is 2.45. The summed E-state index contributed by atoms with van der Waals surface area (Å²) >= 11 is 0. The van der Waals surface area contributed by atoms with Crippen LogP contribution in [-0.2, 0) is 16.0 Å². The zero-order valence-corrected chi connectivity index (χ0v) is 18.3. The minimum atomic E-state index is -0.674. The van der Waals surface area contributed by atoms with E-state index in [0.717, 1.165) is 35.1 Å². The molecule has 1 saturated heterocycles. The molecule has 0 amide bonds. The Labute approximate surface area is 183 Å². The van der Waals surface area contributed by atoms with Gasteiger partial charge in [0.15, 0.2) is 0 Å². The number of carbonyl (C=O) groups is 1. The summed E-state index contributed by atoms with van der Waals surface area (Å²) < 4.78 is 19.5. The predicted octanol–water partition coefficient (Wildman–Crippen LogP) is 5.53. The molecule has 1 aliphatic heterocycles. The SMILES string of the molecule is Cc1cc(C2=C(C=CC3CC(O)CC(=O)O3)C(C)(C)CCc3ccccc32)ccc1F. The van der Waals surface area contributed by atoms with Crippen LogP contribution < -0.4 is 0 Å². The Morgan fingerprint density at radius 3 is 2.71 bits per heavy atom. The molecule has 4 heteroatoms. The van der Waals surface area contributed by atoms with E-state index < -0.39 is 12.2 Å². The molecule has 2 atom stereocenters. The van der Waals surface area contributed by atoms with Crippen LogP contribution in [0.4, 0.5) is 4.39 Å². The highest BCUT2D eigenvalue weighted by Gasteiger charge is 2.31. The number of carbonyl (C=O) groups excluding carboxylic acids is 1. The van der Waals surface area contributed by atoms with Crippen molar-refractivity contribution in [3.05, 3.63) is 88.3 Å². The normalized spacial score (nSPS) is 23.5. The van der Waals surface area contributed by atoms with Gasteiger partial charge >= 0.3 is 5.97 Å². The predicted molar refractivity (Wildman–Crippen MR) is 120 cm³/mol. The average Bonchev–Trinajstić information content (AvgIpc) is 2.82. The van der Waals surface area contributed by atoms with Gasteiger partial charge < -0.3 is 9.84 Å². The number of cyclic esters (lactones) is 1. The van der Waals surface area contributed by atoms with E-state index in [1.54, 1.807) is 6.92 Å². The van der Waals surface area contributed by atoms with Gasteiger partial charge in [-0.2, -0.15) is 0 Å². The molecule has 4 rings (SSSR count). The number of aryl methyl sites for hydroxylation is 2. The molecule has 2 unspecified atom stereocenters. The topological polar surface area (TPSA) is 46.5 Å². The van der Waals surface area contributed by atoms with Crippen molar-refractivity contribution in [3.63, 3.8) is 0 Å². The number of aliphatic hydroxyl groups is 1. The van der Waals surface area contributed by atoms with Crippen LogP contribution in [0.5, 0.6) is 0 Å². The van der Waals surface area contributed by atoms with Crippen LogP contribution in [0.25, 0.3) is 5.57 Å². The van der Waals surface area contributed by atoms with Gasteiger partial charge in [-0.25, -0.2) is 4.39 Å². The van der Waals surface area contributed by atoms with Gasteiger partial charge in [0.05, 0.1) is 12.5 Å². The number of fused-ring (bicyclic) bond motifs is 1. The van der Waals surface area contributed by atoms with Crippen molar-refractivity contribution < 1.29 is 19.0 Å². The summed E-state index contributed by atoms with van der Waals surface area (Å²) in [5, 5.41) is 9.97. The second-order valence-electron chi connectivity index (χ2n) is 9.27. The smallest absolute Gasteiger partial charge is 0.309 e. The second kappa shape index (κ2) is 8.43. The van der Waals surface area contributed by atoms with Crippen LogP contribution in [0.1, 0.15) is 55.4 Å². The van der Waals surface area contributed by atoms with Gasteiger partial charge in [-0.15, -0.1) is 0 Å². The van der Waals surface area contributed by atoms with Crippen molar-refractivity contribution in [3.8, 4) is 0 Å². The fraction of sp³-hybridized carbons (Fsp3) is 0.370. The van der Waals surface area contributed by atoms with Gasteiger partial charge in [0.1, 0.15) is 11.9 Å². The first-order valence-corrected chi connectivity index (χ1v) is 10.9. The number of benzene rings is 2. The zero-order chi connectivity index (χ0) is 22.2. The van der Waals surface area contributed by atoms with Crippen molar-refractivity contribution in [2.75, 3.05) is 0 Å². The molecule has 3 nitrogen and oxygen atoms in total. The number of aliphatic hydroxyl groups excluding tert-OH is 1. The van der Waals surface area contributed by atoms with Gasteiger partial charge in [0, 0.05) is 6.42 Å². The minimum absolute atomic E-state index is 0.0476. The minimum Gasteiger partial charge on any atom is -0.458 e. The molecule has 162 valence electrons. The lowest BCUT2D eigenvalue weighted by Gasteiger charge is -2.29. The summed E-state index contributed by atoms with van der Waals surface area (Å²) in [6, 6.07) is 13.7. The van der Waals surface area contributed by atoms with Crippen molar-refractivity contribution in [1.29, 1.82) is 0 Å². The number of hydrogen-bond acceptors (Lipinski definition) is 3. The van der Waals surface area contributed by atoms with Gasteiger partial charge in [0.2, 0.25) is 0 Å². The lowest BCUT2D eigenvalue weighted by molar-refractivity contribution is -0.156. The Morgan fingerprint density at radius 1 is 1.19 bits per heavy atom. The Balaban J connectivity index is 1.89. The number of rotatable bonds is 3. The van der Waals surface area contributed by atoms with E-state index in [1.165, 1.54) is 11.6 Å². The summed E-state index contributed by atoms with van der Waals surface area (Å²) in [4.78, 5) is 11.8. The fourth-order valence-electron chi connectivity index (χ4n) is 4.60. The van der Waals surface area contributed by atoms with Crippen LogP contribution in [0.2, 0.25) is 0 Å². The maximum absolute atomic E-state index is 14.1. The molecular weight excluding hydrogens is 391 g/mol. The molecule has 2 aromatic carbocycles. The maximum Gasteiger partial charge on any atom is 0.309 e. The van der Waals surface area contributed by atoms with Gasteiger partial charge in [-0.1, -0.05) is 50.3 Å². The molecule has 0 spiro atoms. The summed E-state index contributed by atoms with van der Waals surface area (Å²) in [5.41, 5.74) is 6.07. The summed E-state index contributed by atoms with van der Waals surface area (Å²) in [6.07, 6.45) is 5.17. The Hall–Kier alpha value is -2.72. The molecule has 2 aromatic rings. The van der Waals surface area contributed by atoms with E-state index in [2.05, 4.69) is 32.0 Å². The standard InChI is InChI=1S/C27H29FO3/c1-17-14-19(8-11-24(17)28)26-22-7-5-4-6-18(22)12-13-27(2,3)23(26)10-9-21-15-20(29)16-25(30)31-21/h4-11,14,20-21,29H,12-13,15-16H2,1-3H3. The molecular formula is C27H29FO3.